The lowest BCUT2D eigenvalue weighted by atomic mass is 9.75. The molecule has 4 nitrogen and oxygen atoms in total. The Labute approximate surface area is 125 Å². The lowest BCUT2D eigenvalue weighted by Crippen LogP contribution is -2.57. The van der Waals surface area contributed by atoms with Crippen LogP contribution in [0.2, 0.25) is 0 Å². The van der Waals surface area contributed by atoms with Crippen molar-refractivity contribution in [2.45, 2.75) is 30.1 Å². The summed E-state index contributed by atoms with van der Waals surface area (Å²) in [5.74, 6) is 1.83. The fraction of sp³-hybridized carbons (Fsp3) is 0.714. The Morgan fingerprint density at radius 1 is 1.35 bits per heavy atom. The molecule has 1 N–H and O–H groups in total. The highest BCUT2D eigenvalue weighted by molar-refractivity contribution is 8.01. The largest absolute Gasteiger partial charge is 0.295 e. The lowest BCUT2D eigenvalue weighted by molar-refractivity contribution is 0.121. The molecule has 0 bridgehead atoms. The second-order valence-corrected chi connectivity index (χ2v) is 8.82. The SMILES string of the molecule is O=S(=O)(O)CCCN1CCC2CCSC23C=CC=CC13. The summed E-state index contributed by atoms with van der Waals surface area (Å²) in [4.78, 5) is 2.39. The smallest absolute Gasteiger partial charge is 0.264 e. The van der Waals surface area contributed by atoms with E-state index >= 15 is 0 Å². The van der Waals surface area contributed by atoms with Crippen LogP contribution in [0.5, 0.6) is 0 Å². The first-order valence-corrected chi connectivity index (χ1v) is 9.80. The number of nitrogens with zero attached hydrogens (tertiary/aromatic N) is 1. The molecule has 112 valence electrons. The predicted octanol–water partition coefficient (Wildman–Crippen LogP) is 1.96. The highest BCUT2D eigenvalue weighted by atomic mass is 32.2. The maximum atomic E-state index is 10.8. The Morgan fingerprint density at radius 2 is 2.20 bits per heavy atom. The van der Waals surface area contributed by atoms with E-state index in [0.717, 1.165) is 19.0 Å². The van der Waals surface area contributed by atoms with E-state index in [2.05, 4.69) is 41.0 Å². The van der Waals surface area contributed by atoms with Gasteiger partial charge in [0.2, 0.25) is 0 Å². The van der Waals surface area contributed by atoms with Gasteiger partial charge in [-0.2, -0.15) is 8.42 Å². The second-order valence-electron chi connectivity index (χ2n) is 5.84. The van der Waals surface area contributed by atoms with Crippen molar-refractivity contribution in [3.8, 4) is 0 Å². The second kappa shape index (κ2) is 5.48. The fourth-order valence-electron chi connectivity index (χ4n) is 3.80. The zero-order valence-corrected chi connectivity index (χ0v) is 13.1. The Kier molecular flexibility index (Phi) is 4.01. The van der Waals surface area contributed by atoms with Crippen LogP contribution in [-0.4, -0.2) is 53.3 Å². The summed E-state index contributed by atoms with van der Waals surface area (Å²) in [5.41, 5.74) is 0. The van der Waals surface area contributed by atoms with Crippen molar-refractivity contribution >= 4 is 21.9 Å². The molecule has 0 radical (unpaired) electrons. The standard InChI is InChI=1S/C14H21NO3S2/c16-20(17,18)11-3-8-15-9-5-12-6-10-19-14(12)7-2-1-4-13(14)15/h1-2,4,7,12-13H,3,5-6,8-11H2,(H,16,17,18). The van der Waals surface area contributed by atoms with Crippen LogP contribution in [0.4, 0.5) is 0 Å². The molecule has 6 heteroatoms. The first-order valence-electron chi connectivity index (χ1n) is 7.20. The molecule has 3 aliphatic rings. The molecular weight excluding hydrogens is 294 g/mol. The van der Waals surface area contributed by atoms with Gasteiger partial charge in [-0.15, -0.1) is 11.8 Å². The maximum Gasteiger partial charge on any atom is 0.264 e. The summed E-state index contributed by atoms with van der Waals surface area (Å²) in [6.45, 7) is 1.76. The molecule has 2 saturated heterocycles. The van der Waals surface area contributed by atoms with Crippen LogP contribution in [-0.2, 0) is 10.1 Å². The van der Waals surface area contributed by atoms with Crippen LogP contribution in [0.1, 0.15) is 19.3 Å². The third-order valence-electron chi connectivity index (χ3n) is 4.69. The Balaban J connectivity index is 1.71. The van der Waals surface area contributed by atoms with E-state index < -0.39 is 10.1 Å². The van der Waals surface area contributed by atoms with E-state index in [4.69, 9.17) is 4.55 Å². The van der Waals surface area contributed by atoms with Gasteiger partial charge in [0, 0.05) is 6.04 Å². The van der Waals surface area contributed by atoms with Crippen molar-refractivity contribution in [1.82, 2.24) is 4.90 Å². The van der Waals surface area contributed by atoms with Gasteiger partial charge in [-0.25, -0.2) is 0 Å². The normalized spacial score (nSPS) is 36.9. The molecule has 3 atom stereocenters. The van der Waals surface area contributed by atoms with E-state index in [0.29, 0.717) is 12.5 Å². The number of allylic oxidation sites excluding steroid dienone is 2. The van der Waals surface area contributed by atoms with E-state index in [1.165, 1.54) is 18.6 Å². The van der Waals surface area contributed by atoms with E-state index in [9.17, 15) is 8.42 Å². The molecule has 0 aromatic carbocycles. The summed E-state index contributed by atoms with van der Waals surface area (Å²) < 4.78 is 30.7. The highest BCUT2D eigenvalue weighted by Gasteiger charge is 2.51. The Morgan fingerprint density at radius 3 is 3.00 bits per heavy atom. The minimum atomic E-state index is -3.84. The van der Waals surface area contributed by atoms with Crippen LogP contribution in [0.3, 0.4) is 0 Å². The van der Waals surface area contributed by atoms with Crippen LogP contribution in [0.15, 0.2) is 24.3 Å². The summed E-state index contributed by atoms with van der Waals surface area (Å²) in [5, 5.41) is 0. The Bertz CT molecular complexity index is 529. The molecule has 3 unspecified atom stereocenters. The van der Waals surface area contributed by atoms with Gasteiger partial charge in [0.05, 0.1) is 10.5 Å². The topological polar surface area (TPSA) is 57.6 Å². The van der Waals surface area contributed by atoms with Gasteiger partial charge < -0.3 is 0 Å². The van der Waals surface area contributed by atoms with Crippen molar-refractivity contribution in [1.29, 1.82) is 0 Å². The minimum absolute atomic E-state index is 0.140. The fourth-order valence-corrected chi connectivity index (χ4v) is 6.09. The van der Waals surface area contributed by atoms with Gasteiger partial charge in [0.15, 0.2) is 0 Å². The van der Waals surface area contributed by atoms with E-state index in [1.807, 2.05) is 0 Å². The molecule has 3 rings (SSSR count). The molecule has 2 heterocycles. The molecule has 0 saturated carbocycles. The molecule has 1 aliphatic carbocycles. The van der Waals surface area contributed by atoms with Crippen molar-refractivity contribution in [2.75, 3.05) is 24.6 Å². The van der Waals surface area contributed by atoms with Crippen molar-refractivity contribution < 1.29 is 13.0 Å². The van der Waals surface area contributed by atoms with Crippen LogP contribution in [0.25, 0.3) is 0 Å². The van der Waals surface area contributed by atoms with Crippen molar-refractivity contribution in [2.24, 2.45) is 5.92 Å². The maximum absolute atomic E-state index is 10.8. The van der Waals surface area contributed by atoms with Gasteiger partial charge in [-0.3, -0.25) is 9.45 Å². The van der Waals surface area contributed by atoms with Crippen LogP contribution in [0, 0.1) is 5.92 Å². The molecule has 20 heavy (non-hydrogen) atoms. The third kappa shape index (κ3) is 2.71. The highest BCUT2D eigenvalue weighted by Crippen LogP contribution is 2.53. The van der Waals surface area contributed by atoms with Gasteiger partial charge in [0.1, 0.15) is 0 Å². The van der Waals surface area contributed by atoms with Crippen LogP contribution < -0.4 is 0 Å². The molecule has 0 aromatic heterocycles. The number of likely N-dealkylation sites (tertiary alicyclic amines) is 1. The summed E-state index contributed by atoms with van der Waals surface area (Å²) in [6, 6.07) is 0.375. The molecule has 0 aromatic rings. The predicted molar refractivity (Wildman–Crippen MR) is 82.6 cm³/mol. The number of hydrogen-bond donors (Lipinski definition) is 1. The van der Waals surface area contributed by atoms with E-state index in [-0.39, 0.29) is 10.5 Å². The van der Waals surface area contributed by atoms with Gasteiger partial charge in [0.25, 0.3) is 10.1 Å². The number of hydrogen-bond acceptors (Lipinski definition) is 4. The summed E-state index contributed by atoms with van der Waals surface area (Å²) in [7, 11) is -3.84. The van der Waals surface area contributed by atoms with Gasteiger partial charge in [-0.1, -0.05) is 24.3 Å². The zero-order valence-electron chi connectivity index (χ0n) is 11.4. The number of rotatable bonds is 4. The molecule has 2 aliphatic heterocycles. The van der Waals surface area contributed by atoms with Crippen molar-refractivity contribution in [3.05, 3.63) is 24.3 Å². The van der Waals surface area contributed by atoms with Crippen molar-refractivity contribution in [3.63, 3.8) is 0 Å². The summed E-state index contributed by atoms with van der Waals surface area (Å²) >= 11 is 2.05. The molecular formula is C14H21NO3S2. The first-order chi connectivity index (χ1) is 9.51. The molecule has 1 spiro atoms. The first kappa shape index (κ1) is 14.6. The average Bonchev–Trinajstić information content (AvgIpc) is 2.79. The number of thioether (sulfide) groups is 1. The van der Waals surface area contributed by atoms with Crippen LogP contribution >= 0.6 is 11.8 Å². The molecule has 2 fully saturated rings. The number of piperidine rings is 1. The van der Waals surface area contributed by atoms with Gasteiger partial charge >= 0.3 is 0 Å². The Hall–Kier alpha value is -0.300. The third-order valence-corrected chi connectivity index (χ3v) is 7.14. The average molecular weight is 315 g/mol. The lowest BCUT2D eigenvalue weighted by Gasteiger charge is -2.49. The van der Waals surface area contributed by atoms with E-state index in [1.54, 1.807) is 0 Å². The van der Waals surface area contributed by atoms with Gasteiger partial charge in [-0.05, 0) is 44.0 Å². The monoisotopic (exact) mass is 315 g/mol. The quantitative estimate of drug-likeness (QED) is 0.804. The zero-order chi connectivity index (χ0) is 14.2. The molecule has 0 amide bonds. The minimum Gasteiger partial charge on any atom is -0.295 e. The summed E-state index contributed by atoms with van der Waals surface area (Å²) in [6.07, 6.45) is 11.9.